The second kappa shape index (κ2) is 9.52. The van der Waals surface area contributed by atoms with Gasteiger partial charge in [-0.3, -0.25) is 10.0 Å². The van der Waals surface area contributed by atoms with Crippen molar-refractivity contribution in [2.75, 3.05) is 31.5 Å². The first-order chi connectivity index (χ1) is 13.1. The summed E-state index contributed by atoms with van der Waals surface area (Å²) in [6.07, 6.45) is 0. The number of benzene rings is 1. The third-order valence-corrected chi connectivity index (χ3v) is 6.15. The number of hydroxylamine groups is 1. The second-order valence-electron chi connectivity index (χ2n) is 6.64. The molecule has 2 rings (SSSR count). The molecule has 0 bridgehead atoms. The van der Waals surface area contributed by atoms with Gasteiger partial charge in [0.25, 0.3) is 16.1 Å². The first-order valence-corrected chi connectivity index (χ1v) is 10.5. The lowest BCUT2D eigenvalue weighted by Crippen LogP contribution is -2.58. The molecular formula is C16H24ClN5O5S. The van der Waals surface area contributed by atoms with E-state index in [0.717, 1.165) is 0 Å². The third-order valence-electron chi connectivity index (χ3n) is 4.30. The van der Waals surface area contributed by atoms with Crippen LogP contribution in [0.15, 0.2) is 24.3 Å². The Labute approximate surface area is 169 Å². The van der Waals surface area contributed by atoms with Gasteiger partial charge in [0.05, 0.1) is 0 Å². The monoisotopic (exact) mass is 433 g/mol. The number of halogens is 1. The standard InChI is InChI=1S/C16H24ClN5O5S/c1-11(2)14(15(23)19-25)20-28(26,27)22-9-7-21(8-10-22)16(24)18-13-5-3-12(17)4-6-13/h3-6,11,14,20,25H,7-10H2,1-2H3,(H,18,24)(H,19,23). The average Bonchev–Trinajstić information content (AvgIpc) is 2.67. The predicted molar refractivity (Wildman–Crippen MR) is 104 cm³/mol. The van der Waals surface area contributed by atoms with E-state index in [1.807, 2.05) is 0 Å². The van der Waals surface area contributed by atoms with Gasteiger partial charge in [0.15, 0.2) is 0 Å². The maximum Gasteiger partial charge on any atom is 0.321 e. The number of hydrogen-bond acceptors (Lipinski definition) is 5. The van der Waals surface area contributed by atoms with Gasteiger partial charge in [0.1, 0.15) is 6.04 Å². The van der Waals surface area contributed by atoms with Crippen LogP contribution < -0.4 is 15.5 Å². The first kappa shape index (κ1) is 22.4. The van der Waals surface area contributed by atoms with Crippen LogP contribution in [0.3, 0.4) is 0 Å². The Balaban J connectivity index is 1.93. The molecule has 1 fully saturated rings. The van der Waals surface area contributed by atoms with Crippen molar-refractivity contribution in [1.82, 2.24) is 19.4 Å². The number of nitrogens with zero attached hydrogens (tertiary/aromatic N) is 2. The molecule has 3 amide bonds. The molecule has 1 aromatic carbocycles. The molecule has 1 aromatic rings. The summed E-state index contributed by atoms with van der Waals surface area (Å²) in [5.74, 6) is -1.20. The Hall–Kier alpha value is -1.92. The largest absolute Gasteiger partial charge is 0.322 e. The molecule has 0 saturated carbocycles. The molecule has 1 unspecified atom stereocenters. The van der Waals surface area contributed by atoms with Gasteiger partial charge in [-0.25, -0.2) is 10.3 Å². The van der Waals surface area contributed by atoms with Crippen molar-refractivity contribution in [3.8, 4) is 0 Å². The van der Waals surface area contributed by atoms with E-state index < -0.39 is 22.2 Å². The lowest BCUT2D eigenvalue weighted by atomic mass is 10.1. The first-order valence-electron chi connectivity index (χ1n) is 8.67. The van der Waals surface area contributed by atoms with Crippen LogP contribution in [0.1, 0.15) is 13.8 Å². The van der Waals surface area contributed by atoms with Crippen LogP contribution in [0.5, 0.6) is 0 Å². The van der Waals surface area contributed by atoms with Gasteiger partial charge in [-0.05, 0) is 30.2 Å². The van der Waals surface area contributed by atoms with Crippen LogP contribution in [0, 0.1) is 5.92 Å². The van der Waals surface area contributed by atoms with Crippen molar-refractivity contribution in [3.05, 3.63) is 29.3 Å². The molecule has 4 N–H and O–H groups in total. The van der Waals surface area contributed by atoms with Crippen molar-refractivity contribution in [1.29, 1.82) is 0 Å². The van der Waals surface area contributed by atoms with Crippen molar-refractivity contribution in [2.45, 2.75) is 19.9 Å². The number of rotatable bonds is 6. The fourth-order valence-corrected chi connectivity index (χ4v) is 4.28. The fraction of sp³-hybridized carbons (Fsp3) is 0.500. The van der Waals surface area contributed by atoms with Crippen molar-refractivity contribution < 1.29 is 23.2 Å². The summed E-state index contributed by atoms with van der Waals surface area (Å²) in [6, 6.07) is 5.20. The van der Waals surface area contributed by atoms with Gasteiger partial charge in [-0.2, -0.15) is 17.4 Å². The van der Waals surface area contributed by atoms with E-state index >= 15 is 0 Å². The molecule has 12 heteroatoms. The summed E-state index contributed by atoms with van der Waals surface area (Å²) in [4.78, 5) is 25.5. The van der Waals surface area contributed by atoms with E-state index in [1.165, 1.54) is 14.7 Å². The molecule has 1 heterocycles. The number of urea groups is 1. The quantitative estimate of drug-likeness (QED) is 0.390. The van der Waals surface area contributed by atoms with E-state index in [4.69, 9.17) is 16.8 Å². The summed E-state index contributed by atoms with van der Waals surface area (Å²) < 4.78 is 28.5. The zero-order valence-electron chi connectivity index (χ0n) is 15.6. The summed E-state index contributed by atoms with van der Waals surface area (Å²) >= 11 is 5.81. The van der Waals surface area contributed by atoms with Crippen LogP contribution in [0.2, 0.25) is 5.02 Å². The van der Waals surface area contributed by atoms with E-state index in [9.17, 15) is 18.0 Å². The number of nitrogens with one attached hydrogen (secondary N) is 3. The lowest BCUT2D eigenvalue weighted by molar-refractivity contribution is -0.131. The number of anilines is 1. The molecule has 156 valence electrons. The smallest absolute Gasteiger partial charge is 0.321 e. The maximum absolute atomic E-state index is 12.5. The highest BCUT2D eigenvalue weighted by Gasteiger charge is 2.33. The Morgan fingerprint density at radius 1 is 1.11 bits per heavy atom. The normalized spacial score (nSPS) is 16.7. The van der Waals surface area contributed by atoms with Crippen LogP contribution in [0.25, 0.3) is 0 Å². The molecule has 0 aliphatic carbocycles. The Morgan fingerprint density at radius 2 is 1.68 bits per heavy atom. The van der Waals surface area contributed by atoms with Crippen LogP contribution >= 0.6 is 11.6 Å². The van der Waals surface area contributed by atoms with Gasteiger partial charge < -0.3 is 10.2 Å². The summed E-state index contributed by atoms with van der Waals surface area (Å²) in [6.45, 7) is 3.85. The number of amides is 3. The van der Waals surface area contributed by atoms with Gasteiger partial charge in [-0.1, -0.05) is 25.4 Å². The van der Waals surface area contributed by atoms with Gasteiger partial charge in [-0.15, -0.1) is 0 Å². The number of carbonyl (C=O) groups excluding carboxylic acids is 2. The SMILES string of the molecule is CC(C)C(NS(=O)(=O)N1CCN(C(=O)Nc2ccc(Cl)cc2)CC1)C(=O)NO. The average molecular weight is 434 g/mol. The zero-order chi connectivity index (χ0) is 20.9. The highest BCUT2D eigenvalue weighted by Crippen LogP contribution is 2.15. The van der Waals surface area contributed by atoms with Crippen LogP contribution in [-0.4, -0.2) is 67.0 Å². The lowest BCUT2D eigenvalue weighted by Gasteiger charge is -2.35. The summed E-state index contributed by atoms with van der Waals surface area (Å²) in [5, 5.41) is 12.1. The Kier molecular flexibility index (Phi) is 7.61. The molecule has 0 radical (unpaired) electrons. The molecule has 28 heavy (non-hydrogen) atoms. The molecule has 10 nitrogen and oxygen atoms in total. The topological polar surface area (TPSA) is 131 Å². The molecule has 0 spiro atoms. The molecule has 1 atom stereocenters. The van der Waals surface area contributed by atoms with Gasteiger partial charge in [0, 0.05) is 36.9 Å². The Morgan fingerprint density at radius 3 is 2.18 bits per heavy atom. The maximum atomic E-state index is 12.5. The fourth-order valence-electron chi connectivity index (χ4n) is 2.66. The minimum atomic E-state index is -3.96. The molecule has 1 saturated heterocycles. The van der Waals surface area contributed by atoms with Crippen molar-refractivity contribution in [3.63, 3.8) is 0 Å². The van der Waals surface area contributed by atoms with Gasteiger partial charge >= 0.3 is 6.03 Å². The highest BCUT2D eigenvalue weighted by molar-refractivity contribution is 7.87. The number of hydrogen-bond donors (Lipinski definition) is 4. The van der Waals surface area contributed by atoms with Crippen LogP contribution in [-0.2, 0) is 15.0 Å². The summed E-state index contributed by atoms with van der Waals surface area (Å²) in [7, 11) is -3.96. The molecule has 1 aliphatic heterocycles. The highest BCUT2D eigenvalue weighted by atomic mass is 35.5. The van der Waals surface area contributed by atoms with Gasteiger partial charge in [0.2, 0.25) is 0 Å². The molecule has 0 aromatic heterocycles. The Bertz CT molecular complexity index is 794. The van der Waals surface area contributed by atoms with E-state index in [1.54, 1.807) is 38.1 Å². The molecular weight excluding hydrogens is 410 g/mol. The zero-order valence-corrected chi connectivity index (χ0v) is 17.1. The van der Waals surface area contributed by atoms with E-state index in [0.29, 0.717) is 10.7 Å². The van der Waals surface area contributed by atoms with Crippen LogP contribution in [0.4, 0.5) is 10.5 Å². The minimum absolute atomic E-state index is 0.0783. The number of piperazine rings is 1. The minimum Gasteiger partial charge on any atom is -0.322 e. The van der Waals surface area contributed by atoms with E-state index in [-0.39, 0.29) is 38.1 Å². The van der Waals surface area contributed by atoms with Crippen molar-refractivity contribution in [2.24, 2.45) is 5.92 Å². The third kappa shape index (κ3) is 5.79. The number of carbonyl (C=O) groups is 2. The van der Waals surface area contributed by atoms with Crippen molar-refractivity contribution >= 4 is 39.4 Å². The van der Waals surface area contributed by atoms with E-state index in [2.05, 4.69) is 10.0 Å². The molecule has 1 aliphatic rings. The summed E-state index contributed by atoms with van der Waals surface area (Å²) in [5.41, 5.74) is 2.05. The predicted octanol–water partition coefficient (Wildman–Crippen LogP) is 0.854. The second-order valence-corrected chi connectivity index (χ2v) is 8.78.